The molecule has 12 heavy (non-hydrogen) atoms. The molecule has 0 aromatic carbocycles. The average Bonchev–Trinajstić information content (AvgIpc) is 1.85. The van der Waals surface area contributed by atoms with Gasteiger partial charge in [-0.1, -0.05) is 26.2 Å². The first-order chi connectivity index (χ1) is 5.31. The Morgan fingerprint density at radius 3 is 1.83 bits per heavy atom. The lowest BCUT2D eigenvalue weighted by Crippen LogP contribution is -2.38. The normalized spacial score (nSPS) is 17.5. The van der Waals surface area contributed by atoms with Gasteiger partial charge in [-0.25, -0.2) is 13.2 Å². The van der Waals surface area contributed by atoms with Gasteiger partial charge in [0.05, 0.1) is 0 Å². The molecule has 0 nitrogen and oxygen atoms in total. The molecule has 0 N–H and O–H groups in total. The van der Waals surface area contributed by atoms with Crippen LogP contribution >= 0.6 is 0 Å². The molecule has 1 unspecified atom stereocenters. The summed E-state index contributed by atoms with van der Waals surface area (Å²) in [6.45, 7) is 3.57. The van der Waals surface area contributed by atoms with Gasteiger partial charge in [-0.05, 0) is 13.3 Å². The summed E-state index contributed by atoms with van der Waals surface area (Å²) in [5.41, 5.74) is -2.35. The second-order valence-corrected chi connectivity index (χ2v) is 3.54. The minimum absolute atomic E-state index is 0.0513. The molecule has 0 bridgehead atoms. The van der Waals surface area contributed by atoms with Crippen LogP contribution in [0, 0.1) is 0 Å². The van der Waals surface area contributed by atoms with E-state index in [-0.39, 0.29) is 6.42 Å². The molecule has 0 aromatic heterocycles. The van der Waals surface area contributed by atoms with Gasteiger partial charge in [0.15, 0.2) is 5.67 Å². The van der Waals surface area contributed by atoms with Crippen LogP contribution in [0.3, 0.4) is 0 Å². The van der Waals surface area contributed by atoms with Crippen molar-refractivity contribution in [1.29, 1.82) is 0 Å². The zero-order chi connectivity index (χ0) is 9.83. The summed E-state index contributed by atoms with van der Waals surface area (Å²) in [6, 6.07) is 0. The van der Waals surface area contributed by atoms with E-state index in [0.717, 1.165) is 19.8 Å². The summed E-state index contributed by atoms with van der Waals surface area (Å²) in [5, 5.41) is 0. The molecule has 0 heterocycles. The summed E-state index contributed by atoms with van der Waals surface area (Å²) >= 11 is 0. The lowest BCUT2D eigenvalue weighted by atomic mass is 9.94. The van der Waals surface area contributed by atoms with Crippen LogP contribution in [-0.4, -0.2) is 11.6 Å². The third-order valence-electron chi connectivity index (χ3n) is 2.17. The number of halogens is 3. The van der Waals surface area contributed by atoms with Gasteiger partial charge in [0, 0.05) is 6.92 Å². The van der Waals surface area contributed by atoms with Gasteiger partial charge in [0.2, 0.25) is 0 Å². The van der Waals surface area contributed by atoms with Gasteiger partial charge in [-0.15, -0.1) is 0 Å². The maximum absolute atomic E-state index is 13.2. The Bertz CT molecular complexity index is 124. The Kier molecular flexibility index (Phi) is 4.08. The number of unbranched alkanes of at least 4 members (excludes halogenated alkanes) is 2. The minimum Gasteiger partial charge on any atom is -0.238 e. The Morgan fingerprint density at radius 1 is 1.00 bits per heavy atom. The van der Waals surface area contributed by atoms with Crippen LogP contribution in [0.15, 0.2) is 0 Å². The van der Waals surface area contributed by atoms with Crippen LogP contribution in [0.25, 0.3) is 0 Å². The Balaban J connectivity index is 3.88. The summed E-state index contributed by atoms with van der Waals surface area (Å²) in [7, 11) is 0. The van der Waals surface area contributed by atoms with E-state index in [4.69, 9.17) is 0 Å². The quantitative estimate of drug-likeness (QED) is 0.565. The first-order valence-electron chi connectivity index (χ1n) is 4.38. The highest BCUT2D eigenvalue weighted by atomic mass is 19.3. The topological polar surface area (TPSA) is 0 Å². The van der Waals surface area contributed by atoms with Crippen molar-refractivity contribution >= 4 is 0 Å². The summed E-state index contributed by atoms with van der Waals surface area (Å²) in [5.74, 6) is -3.22. The van der Waals surface area contributed by atoms with Gasteiger partial charge in [-0.2, -0.15) is 0 Å². The van der Waals surface area contributed by atoms with Crippen LogP contribution in [0.5, 0.6) is 0 Å². The Hall–Kier alpha value is -0.210. The molecular weight excluding hydrogens is 165 g/mol. The van der Waals surface area contributed by atoms with Crippen molar-refractivity contribution in [2.75, 3.05) is 0 Å². The molecule has 1 atom stereocenters. The van der Waals surface area contributed by atoms with Crippen molar-refractivity contribution in [2.24, 2.45) is 0 Å². The van der Waals surface area contributed by atoms with Crippen LogP contribution in [-0.2, 0) is 0 Å². The van der Waals surface area contributed by atoms with Gasteiger partial charge in [0.1, 0.15) is 0 Å². The van der Waals surface area contributed by atoms with Gasteiger partial charge in [0.25, 0.3) is 5.92 Å². The van der Waals surface area contributed by atoms with E-state index in [9.17, 15) is 13.2 Å². The van der Waals surface area contributed by atoms with Crippen molar-refractivity contribution in [3.63, 3.8) is 0 Å². The number of alkyl halides is 3. The highest BCUT2D eigenvalue weighted by Crippen LogP contribution is 2.35. The second-order valence-electron chi connectivity index (χ2n) is 3.54. The second kappa shape index (κ2) is 4.15. The molecule has 0 aliphatic heterocycles. The van der Waals surface area contributed by atoms with Crippen LogP contribution in [0.1, 0.15) is 46.5 Å². The smallest absolute Gasteiger partial charge is 0.238 e. The van der Waals surface area contributed by atoms with Crippen LogP contribution in [0.4, 0.5) is 13.2 Å². The van der Waals surface area contributed by atoms with E-state index in [1.54, 1.807) is 0 Å². The molecule has 0 radical (unpaired) electrons. The van der Waals surface area contributed by atoms with Gasteiger partial charge >= 0.3 is 0 Å². The molecule has 3 heteroatoms. The zero-order valence-electron chi connectivity index (χ0n) is 7.96. The lowest BCUT2D eigenvalue weighted by molar-refractivity contribution is -0.118. The maximum atomic E-state index is 13.2. The monoisotopic (exact) mass is 182 g/mol. The molecule has 0 spiro atoms. The summed E-state index contributed by atoms with van der Waals surface area (Å²) < 4.78 is 38.3. The molecule has 0 saturated carbocycles. The predicted octanol–water partition coefficient (Wildman–Crippen LogP) is 3.95. The molecule has 0 rings (SSSR count). The van der Waals surface area contributed by atoms with Crippen molar-refractivity contribution < 1.29 is 13.2 Å². The average molecular weight is 182 g/mol. The van der Waals surface area contributed by atoms with E-state index < -0.39 is 11.6 Å². The standard InChI is InChI=1S/C9H17F3/c1-4-5-6-7-8(2,10)9(3,11)12/h4-7H2,1-3H3. The first kappa shape index (κ1) is 11.8. The molecule has 0 fully saturated rings. The van der Waals surface area contributed by atoms with Gasteiger partial charge < -0.3 is 0 Å². The fourth-order valence-corrected chi connectivity index (χ4v) is 0.926. The van der Waals surface area contributed by atoms with E-state index in [2.05, 4.69) is 0 Å². The van der Waals surface area contributed by atoms with Crippen LogP contribution < -0.4 is 0 Å². The zero-order valence-corrected chi connectivity index (χ0v) is 7.96. The molecule has 0 aromatic rings. The Morgan fingerprint density at radius 2 is 1.50 bits per heavy atom. The minimum atomic E-state index is -3.22. The van der Waals surface area contributed by atoms with Crippen molar-refractivity contribution in [3.8, 4) is 0 Å². The number of hydrogen-bond donors (Lipinski definition) is 0. The predicted molar refractivity (Wildman–Crippen MR) is 44.3 cm³/mol. The molecule has 0 aliphatic rings. The van der Waals surface area contributed by atoms with Crippen LogP contribution in [0.2, 0.25) is 0 Å². The Labute approximate surface area is 72.2 Å². The van der Waals surface area contributed by atoms with Crippen molar-refractivity contribution in [1.82, 2.24) is 0 Å². The SMILES string of the molecule is CCCCCC(C)(F)C(C)(F)F. The molecule has 74 valence electrons. The summed E-state index contributed by atoms with van der Waals surface area (Å²) in [4.78, 5) is 0. The fourth-order valence-electron chi connectivity index (χ4n) is 0.926. The molecule has 0 amide bonds. The lowest BCUT2D eigenvalue weighted by Gasteiger charge is -2.26. The third-order valence-corrected chi connectivity index (χ3v) is 2.17. The molecular formula is C9H17F3. The van der Waals surface area contributed by atoms with Crippen molar-refractivity contribution in [2.45, 2.75) is 58.0 Å². The van der Waals surface area contributed by atoms with E-state index in [0.29, 0.717) is 13.3 Å². The van der Waals surface area contributed by atoms with E-state index in [1.807, 2.05) is 6.92 Å². The molecule has 0 saturated heterocycles. The van der Waals surface area contributed by atoms with Gasteiger partial charge in [-0.3, -0.25) is 0 Å². The first-order valence-corrected chi connectivity index (χ1v) is 4.38. The highest BCUT2D eigenvalue weighted by molar-refractivity contribution is 4.85. The maximum Gasteiger partial charge on any atom is 0.278 e. The largest absolute Gasteiger partial charge is 0.278 e. The summed E-state index contributed by atoms with van der Waals surface area (Å²) in [6.07, 6.45) is 2.22. The van der Waals surface area contributed by atoms with E-state index in [1.165, 1.54) is 0 Å². The third kappa shape index (κ3) is 3.46. The van der Waals surface area contributed by atoms with Crippen molar-refractivity contribution in [3.05, 3.63) is 0 Å². The highest BCUT2D eigenvalue weighted by Gasteiger charge is 2.45. The molecule has 0 aliphatic carbocycles. The number of hydrogen-bond acceptors (Lipinski definition) is 0. The fraction of sp³-hybridized carbons (Fsp3) is 1.00. The van der Waals surface area contributed by atoms with E-state index >= 15 is 0 Å². The number of rotatable bonds is 5.